The van der Waals surface area contributed by atoms with Crippen molar-refractivity contribution < 1.29 is 0 Å². The van der Waals surface area contributed by atoms with Crippen LogP contribution in [0.2, 0.25) is 0 Å². The average molecular weight is 420 g/mol. The molecule has 3 nitrogen and oxygen atoms in total. The summed E-state index contributed by atoms with van der Waals surface area (Å²) >= 11 is 9.97. The number of nitrogens with one attached hydrogen (secondary N) is 1. The van der Waals surface area contributed by atoms with Crippen molar-refractivity contribution in [2.45, 2.75) is 52.4 Å². The first-order valence-corrected chi connectivity index (χ1v) is 13.4. The number of nitrogens with zero attached hydrogens (tertiary/aromatic N) is 2. The van der Waals surface area contributed by atoms with Gasteiger partial charge < -0.3 is 0 Å². The summed E-state index contributed by atoms with van der Waals surface area (Å²) in [5.74, 6) is 0. The summed E-state index contributed by atoms with van der Waals surface area (Å²) in [6.07, 6.45) is 7.38. The molecule has 0 amide bonds. The van der Waals surface area contributed by atoms with Crippen molar-refractivity contribution in [2.75, 3.05) is 52.4 Å². The van der Waals surface area contributed by atoms with E-state index in [4.69, 9.17) is 23.6 Å². The van der Waals surface area contributed by atoms with Crippen LogP contribution in [0.15, 0.2) is 0 Å². The molecule has 0 saturated heterocycles. The fourth-order valence-electron chi connectivity index (χ4n) is 2.55. The van der Waals surface area contributed by atoms with Gasteiger partial charge in [-0.15, -0.1) is 0 Å². The van der Waals surface area contributed by atoms with Crippen LogP contribution in [-0.4, -0.2) is 62.2 Å². The molecule has 7 heteroatoms. The normalized spacial score (nSPS) is 10.7. The molecule has 0 aromatic heterocycles. The van der Waals surface area contributed by atoms with Crippen molar-refractivity contribution in [1.82, 2.24) is 15.1 Å². The maximum absolute atomic E-state index is 5.00. The molecule has 144 valence electrons. The second kappa shape index (κ2) is 21.0. The van der Waals surface area contributed by atoms with Crippen molar-refractivity contribution in [3.05, 3.63) is 0 Å². The zero-order valence-corrected chi connectivity index (χ0v) is 19.4. The van der Waals surface area contributed by atoms with Crippen LogP contribution in [-0.2, 0) is 23.6 Å². The van der Waals surface area contributed by atoms with E-state index < -0.39 is 0 Å². The van der Waals surface area contributed by atoms with Crippen LogP contribution in [0.3, 0.4) is 0 Å². The zero-order valence-electron chi connectivity index (χ0n) is 16.0. The minimum atomic E-state index is 0.842. The van der Waals surface area contributed by atoms with E-state index in [2.05, 4.69) is 40.2 Å². The predicted molar refractivity (Wildman–Crippen MR) is 121 cm³/mol. The number of rotatable bonds is 16. The van der Waals surface area contributed by atoms with Crippen molar-refractivity contribution in [2.24, 2.45) is 0 Å². The van der Waals surface area contributed by atoms with Gasteiger partial charge in [-0.25, -0.2) is 0 Å². The number of unbranched alkanes of at least 4 members (excludes halogenated alkanes) is 2. The second-order valence-corrected chi connectivity index (χ2v) is 8.31. The fourth-order valence-corrected chi connectivity index (χ4v) is 3.41. The Hall–Kier alpha value is 0.740. The molecule has 0 atom stereocenters. The summed E-state index contributed by atoms with van der Waals surface area (Å²) in [5, 5.41) is 3.52. The van der Waals surface area contributed by atoms with Gasteiger partial charge >= 0.3 is 168 Å². The first kappa shape index (κ1) is 25.7. The van der Waals surface area contributed by atoms with E-state index in [-0.39, 0.29) is 0 Å². The van der Waals surface area contributed by atoms with Crippen LogP contribution in [0.4, 0.5) is 0 Å². The molecule has 0 aliphatic heterocycles. The zero-order chi connectivity index (χ0) is 18.6. The monoisotopic (exact) mass is 419 g/mol. The SMILES string of the molecule is CCCCNCCCN(CC#P=S)CCCN(CC#P=S)CCCC. The minimum absolute atomic E-state index is 0.842. The molecular formula is C18H35N3P2S2. The Morgan fingerprint density at radius 2 is 1.20 bits per heavy atom. The van der Waals surface area contributed by atoms with Crippen LogP contribution >= 0.6 is 13.6 Å². The molecule has 1 N–H and O–H groups in total. The molecule has 0 aromatic rings. The van der Waals surface area contributed by atoms with Crippen LogP contribution < -0.4 is 5.32 Å². The Kier molecular flexibility index (Phi) is 21.7. The van der Waals surface area contributed by atoms with Gasteiger partial charge in [-0.3, -0.25) is 0 Å². The topological polar surface area (TPSA) is 18.5 Å². The maximum atomic E-state index is 5.00. The van der Waals surface area contributed by atoms with Gasteiger partial charge in [0, 0.05) is 0 Å². The molecule has 0 aliphatic rings. The third kappa shape index (κ3) is 17.9. The van der Waals surface area contributed by atoms with E-state index in [9.17, 15) is 0 Å². The third-order valence-corrected chi connectivity index (χ3v) is 5.34. The van der Waals surface area contributed by atoms with E-state index in [1.165, 1.54) is 38.5 Å². The Morgan fingerprint density at radius 3 is 1.72 bits per heavy atom. The molecule has 0 aliphatic carbocycles. The summed E-state index contributed by atoms with van der Waals surface area (Å²) < 4.78 is 0. The Morgan fingerprint density at radius 1 is 0.720 bits per heavy atom. The molecule has 25 heavy (non-hydrogen) atoms. The van der Waals surface area contributed by atoms with Gasteiger partial charge in [0.05, 0.1) is 0 Å². The van der Waals surface area contributed by atoms with Gasteiger partial charge in [0.1, 0.15) is 0 Å². The molecule has 0 fully saturated rings. The van der Waals surface area contributed by atoms with Crippen molar-refractivity contribution in [1.29, 1.82) is 0 Å². The Labute approximate surface area is 168 Å². The molecule has 0 unspecified atom stereocenters. The fraction of sp³-hybridized carbons (Fsp3) is 0.889. The first-order valence-electron chi connectivity index (χ1n) is 9.54. The van der Waals surface area contributed by atoms with Crippen LogP contribution in [0.5, 0.6) is 0 Å². The van der Waals surface area contributed by atoms with Crippen LogP contribution in [0.25, 0.3) is 0 Å². The van der Waals surface area contributed by atoms with Gasteiger partial charge in [0.15, 0.2) is 0 Å². The molecule has 0 bridgehead atoms. The first-order chi connectivity index (χ1) is 12.3. The summed E-state index contributed by atoms with van der Waals surface area (Å²) in [7, 11) is 0. The average Bonchev–Trinajstić information content (AvgIpc) is 2.63. The Balaban J connectivity index is 4.15. The molecule has 0 heterocycles. The van der Waals surface area contributed by atoms with E-state index in [0.717, 1.165) is 66.0 Å². The van der Waals surface area contributed by atoms with Gasteiger partial charge in [-0.05, 0) is 0 Å². The van der Waals surface area contributed by atoms with Gasteiger partial charge in [0.25, 0.3) is 0 Å². The van der Waals surface area contributed by atoms with E-state index >= 15 is 0 Å². The molecule has 0 rings (SSSR count). The molecule has 0 radical (unpaired) electrons. The third-order valence-electron chi connectivity index (χ3n) is 4.03. The summed E-state index contributed by atoms with van der Waals surface area (Å²) in [4.78, 5) is 4.96. The van der Waals surface area contributed by atoms with Crippen LogP contribution in [0.1, 0.15) is 52.4 Å². The predicted octanol–water partition coefficient (Wildman–Crippen LogP) is 4.30. The summed E-state index contributed by atoms with van der Waals surface area (Å²) in [6.45, 7) is 14.7. The van der Waals surface area contributed by atoms with Crippen molar-refractivity contribution in [3.63, 3.8) is 0 Å². The molecule has 0 spiro atoms. The van der Waals surface area contributed by atoms with Gasteiger partial charge in [0.2, 0.25) is 0 Å². The second-order valence-electron chi connectivity index (χ2n) is 6.22. The summed E-state index contributed by atoms with van der Waals surface area (Å²) in [6, 6.07) is 0. The number of hydrogen-bond donors (Lipinski definition) is 1. The molecule has 0 aromatic carbocycles. The van der Waals surface area contributed by atoms with Crippen molar-refractivity contribution in [3.8, 4) is 11.3 Å². The van der Waals surface area contributed by atoms with E-state index in [0.29, 0.717) is 0 Å². The van der Waals surface area contributed by atoms with Crippen molar-refractivity contribution >= 4 is 37.2 Å². The van der Waals surface area contributed by atoms with Crippen LogP contribution in [0, 0.1) is 11.3 Å². The van der Waals surface area contributed by atoms with E-state index in [1.54, 1.807) is 0 Å². The molecular weight excluding hydrogens is 384 g/mol. The quantitative estimate of drug-likeness (QED) is 0.296. The van der Waals surface area contributed by atoms with Gasteiger partial charge in [-0.1, -0.05) is 0 Å². The summed E-state index contributed by atoms with van der Waals surface area (Å²) in [5.41, 5.74) is 6.52. The standard InChI is InChI=1S/C18H35N3P2S2/c1-3-5-9-19-10-7-12-21(16-18-23-25)14-8-13-20(11-6-4-2)15-17-22-24/h19H,3-16H2,1-2H3. The van der Waals surface area contributed by atoms with E-state index in [1.807, 2.05) is 0 Å². The molecule has 0 saturated carbocycles. The van der Waals surface area contributed by atoms with Gasteiger partial charge in [-0.2, -0.15) is 0 Å². The number of hydrogen-bond acceptors (Lipinski definition) is 5. The Bertz CT molecular complexity index is 504.